The average molecular weight is 269 g/mol. The summed E-state index contributed by atoms with van der Waals surface area (Å²) in [7, 11) is -1.53. The minimum absolute atomic E-state index is 0.181. The van der Waals surface area contributed by atoms with Crippen molar-refractivity contribution in [2.75, 3.05) is 6.26 Å². The van der Waals surface area contributed by atoms with Crippen LogP contribution in [0.4, 0.5) is 0 Å². The molecule has 0 amide bonds. The Labute approximate surface area is 110 Å². The Morgan fingerprint density at radius 1 is 1.50 bits per heavy atom. The summed E-state index contributed by atoms with van der Waals surface area (Å²) in [5.74, 6) is -1.07. The van der Waals surface area contributed by atoms with Crippen LogP contribution in [0.3, 0.4) is 0 Å². The number of carboxylic acid groups (broad SMARTS) is 1. The highest BCUT2D eigenvalue weighted by Gasteiger charge is 2.29. The number of hydrogen-bond acceptors (Lipinski definition) is 5. The van der Waals surface area contributed by atoms with E-state index in [0.717, 1.165) is 10.5 Å². The van der Waals surface area contributed by atoms with Gasteiger partial charge in [0.15, 0.2) is 0 Å². The third kappa shape index (κ3) is 3.49. The molecule has 0 aromatic heterocycles. The fourth-order valence-corrected chi connectivity index (χ4v) is 2.20. The van der Waals surface area contributed by atoms with E-state index in [1.54, 1.807) is 18.2 Å². The first-order valence-electron chi connectivity index (χ1n) is 5.33. The monoisotopic (exact) mass is 269 g/mol. The van der Waals surface area contributed by atoms with Crippen LogP contribution in [0, 0.1) is 0 Å². The van der Waals surface area contributed by atoms with Crippen molar-refractivity contribution in [1.82, 2.24) is 0 Å². The second-order valence-corrected chi connectivity index (χ2v) is 5.19. The molecule has 7 heteroatoms. The third-order valence-corrected chi connectivity index (χ3v) is 3.48. The maximum atomic E-state index is 11.0. The molecule has 1 aromatic carbocycles. The summed E-state index contributed by atoms with van der Waals surface area (Å²) in [6.45, 7) is 1.45. The van der Waals surface area contributed by atoms with Crippen LogP contribution in [0.1, 0.15) is 12.5 Å². The van der Waals surface area contributed by atoms with Crippen LogP contribution in [0.25, 0.3) is 0 Å². The molecule has 0 spiro atoms. The molecule has 0 fully saturated rings. The molecule has 0 bridgehead atoms. The Balaban J connectivity index is 3.07. The first-order chi connectivity index (χ1) is 8.27. The third-order valence-electron chi connectivity index (χ3n) is 2.66. The van der Waals surface area contributed by atoms with Gasteiger partial charge in [-0.25, -0.2) is 0 Å². The second-order valence-electron chi connectivity index (χ2n) is 4.34. The molecule has 1 unspecified atom stereocenters. The summed E-state index contributed by atoms with van der Waals surface area (Å²) in [6.07, 6.45) is 2.02. The van der Waals surface area contributed by atoms with Gasteiger partial charge in [0.1, 0.15) is 5.54 Å². The van der Waals surface area contributed by atoms with Crippen molar-refractivity contribution in [3.05, 3.63) is 23.8 Å². The summed E-state index contributed by atoms with van der Waals surface area (Å²) in [5, 5.41) is 27.2. The lowest BCUT2D eigenvalue weighted by molar-refractivity contribution is -0.142. The minimum atomic E-state index is -1.53. The molecule has 5 nitrogen and oxygen atoms in total. The highest BCUT2D eigenvalue weighted by Crippen LogP contribution is 2.22. The van der Waals surface area contributed by atoms with E-state index in [2.05, 4.69) is 0 Å². The lowest BCUT2D eigenvalue weighted by Gasteiger charge is -2.21. The van der Waals surface area contributed by atoms with Gasteiger partial charge >= 0.3 is 13.1 Å². The van der Waals surface area contributed by atoms with Gasteiger partial charge in [-0.15, -0.1) is 11.8 Å². The van der Waals surface area contributed by atoms with Crippen LogP contribution < -0.4 is 11.2 Å². The summed E-state index contributed by atoms with van der Waals surface area (Å²) in [6, 6.07) is 4.86. The van der Waals surface area contributed by atoms with Crippen molar-refractivity contribution in [3.8, 4) is 0 Å². The number of nitrogens with two attached hydrogens (primary N) is 1. The summed E-state index contributed by atoms with van der Waals surface area (Å²) in [4.78, 5) is 11.8. The van der Waals surface area contributed by atoms with Gasteiger partial charge in [-0.1, -0.05) is 12.1 Å². The van der Waals surface area contributed by atoms with E-state index in [1.165, 1.54) is 18.7 Å². The number of thioether (sulfide) groups is 1. The van der Waals surface area contributed by atoms with Crippen LogP contribution in [0.2, 0.25) is 0 Å². The van der Waals surface area contributed by atoms with Crippen molar-refractivity contribution in [1.29, 1.82) is 0 Å². The first kappa shape index (κ1) is 15.0. The van der Waals surface area contributed by atoms with E-state index in [-0.39, 0.29) is 6.42 Å². The zero-order chi connectivity index (χ0) is 13.9. The van der Waals surface area contributed by atoms with Gasteiger partial charge in [-0.05, 0) is 30.3 Å². The molecule has 0 heterocycles. The Hall–Kier alpha value is -1.02. The number of aliphatic carboxylic acids is 1. The molecule has 0 saturated heterocycles. The number of carboxylic acids is 1. The first-order valence-corrected chi connectivity index (χ1v) is 6.55. The molecule has 0 aliphatic carbocycles. The molecule has 0 saturated carbocycles. The van der Waals surface area contributed by atoms with Gasteiger partial charge in [-0.2, -0.15) is 0 Å². The fraction of sp³-hybridized carbons (Fsp3) is 0.364. The molecular formula is C11H16BNO4S. The van der Waals surface area contributed by atoms with Crippen molar-refractivity contribution in [2.45, 2.75) is 23.8 Å². The molecular weight excluding hydrogens is 253 g/mol. The number of hydrogen-bond donors (Lipinski definition) is 4. The quantitative estimate of drug-likeness (QED) is 0.421. The summed E-state index contributed by atoms with van der Waals surface area (Å²) in [5.41, 5.74) is 5.51. The smallest absolute Gasteiger partial charge is 0.480 e. The molecule has 0 aliphatic heterocycles. The van der Waals surface area contributed by atoms with Crippen LogP contribution in [-0.4, -0.2) is 40.0 Å². The Bertz CT molecular complexity index is 451. The molecule has 5 N–H and O–H groups in total. The minimum Gasteiger partial charge on any atom is -0.480 e. The van der Waals surface area contributed by atoms with Gasteiger partial charge in [0.2, 0.25) is 0 Å². The molecule has 1 atom stereocenters. The lowest BCUT2D eigenvalue weighted by Crippen LogP contribution is -2.47. The van der Waals surface area contributed by atoms with Gasteiger partial charge in [-0.3, -0.25) is 4.79 Å². The van der Waals surface area contributed by atoms with Crippen LogP contribution in [0.5, 0.6) is 0 Å². The molecule has 0 radical (unpaired) electrons. The second kappa shape index (κ2) is 5.75. The summed E-state index contributed by atoms with van der Waals surface area (Å²) >= 11 is 1.41. The molecule has 1 rings (SSSR count). The van der Waals surface area contributed by atoms with E-state index >= 15 is 0 Å². The van der Waals surface area contributed by atoms with E-state index in [9.17, 15) is 4.79 Å². The lowest BCUT2D eigenvalue weighted by atomic mass is 9.79. The number of benzene rings is 1. The Morgan fingerprint density at radius 3 is 2.56 bits per heavy atom. The standard InChI is InChI=1S/C11H16BNO4S/c1-11(13,10(14)15)6-7-3-4-8(12(16)17)5-9(7)18-2/h3-5,16-17H,6,13H2,1-2H3,(H,14,15). The Kier molecular flexibility index (Phi) is 4.81. The largest absolute Gasteiger partial charge is 0.488 e. The number of carbonyl (C=O) groups is 1. The van der Waals surface area contributed by atoms with Crippen molar-refractivity contribution in [3.63, 3.8) is 0 Å². The van der Waals surface area contributed by atoms with Crippen LogP contribution in [0.15, 0.2) is 23.1 Å². The van der Waals surface area contributed by atoms with E-state index in [1.807, 2.05) is 6.26 Å². The normalized spacial score (nSPS) is 14.1. The fourth-order valence-electron chi connectivity index (χ4n) is 1.54. The van der Waals surface area contributed by atoms with Crippen molar-refractivity contribution < 1.29 is 19.9 Å². The maximum absolute atomic E-state index is 11.0. The Morgan fingerprint density at radius 2 is 2.11 bits per heavy atom. The number of rotatable bonds is 5. The van der Waals surface area contributed by atoms with Gasteiger partial charge in [0, 0.05) is 11.3 Å². The predicted octanol–water partition coefficient (Wildman–Crippen LogP) is -0.567. The van der Waals surface area contributed by atoms with Gasteiger partial charge in [0.05, 0.1) is 0 Å². The predicted molar refractivity (Wildman–Crippen MR) is 72.0 cm³/mol. The highest BCUT2D eigenvalue weighted by molar-refractivity contribution is 7.98. The van der Waals surface area contributed by atoms with E-state index in [4.69, 9.17) is 20.9 Å². The zero-order valence-electron chi connectivity index (χ0n) is 10.3. The topological polar surface area (TPSA) is 104 Å². The van der Waals surface area contributed by atoms with Gasteiger partial charge < -0.3 is 20.9 Å². The molecule has 1 aromatic rings. The SMILES string of the molecule is CSc1cc(B(O)O)ccc1CC(C)(N)C(=O)O. The zero-order valence-corrected chi connectivity index (χ0v) is 11.1. The van der Waals surface area contributed by atoms with Crippen LogP contribution >= 0.6 is 11.8 Å². The van der Waals surface area contributed by atoms with Crippen LogP contribution in [-0.2, 0) is 11.2 Å². The van der Waals surface area contributed by atoms with E-state index < -0.39 is 18.6 Å². The highest BCUT2D eigenvalue weighted by atomic mass is 32.2. The van der Waals surface area contributed by atoms with Crippen molar-refractivity contribution in [2.24, 2.45) is 5.73 Å². The average Bonchev–Trinajstić information content (AvgIpc) is 2.28. The van der Waals surface area contributed by atoms with E-state index in [0.29, 0.717) is 5.46 Å². The maximum Gasteiger partial charge on any atom is 0.488 e. The molecule has 18 heavy (non-hydrogen) atoms. The van der Waals surface area contributed by atoms with Crippen molar-refractivity contribution >= 4 is 30.3 Å². The summed E-state index contributed by atoms with van der Waals surface area (Å²) < 4.78 is 0. The van der Waals surface area contributed by atoms with Gasteiger partial charge in [0.25, 0.3) is 0 Å². The molecule has 98 valence electrons. The molecule has 0 aliphatic rings.